The van der Waals surface area contributed by atoms with E-state index in [1.54, 1.807) is 0 Å². The van der Waals surface area contributed by atoms with Crippen LogP contribution >= 0.6 is 0 Å². The molecular weight excluding hydrogens is 473 g/mol. The predicted octanol–water partition coefficient (Wildman–Crippen LogP) is 9.77. The molecule has 0 radical (unpaired) electrons. The smallest absolute Gasteiger partial charge is 0.184 e. The lowest BCUT2D eigenvalue weighted by atomic mass is 9.43. The molecule has 4 aliphatic rings. The summed E-state index contributed by atoms with van der Waals surface area (Å²) in [6, 6.07) is 0. The van der Waals surface area contributed by atoms with Crippen LogP contribution in [0, 0.1) is 52.3 Å². The van der Waals surface area contributed by atoms with Gasteiger partial charge in [0.15, 0.2) is 16.6 Å². The van der Waals surface area contributed by atoms with Crippen LogP contribution in [0.25, 0.3) is 0 Å². The Kier molecular flexibility index (Phi) is 8.47. The van der Waals surface area contributed by atoms with Crippen LogP contribution in [0.2, 0.25) is 39.3 Å². The molecule has 0 N–H and O–H groups in total. The third kappa shape index (κ3) is 5.92. The van der Waals surface area contributed by atoms with Gasteiger partial charge in [-0.3, -0.25) is 0 Å². The molecule has 0 spiro atoms. The minimum Gasteiger partial charge on any atom is -0.415 e. The molecule has 2 nitrogen and oxygen atoms in total. The topological polar surface area (TPSA) is 18.5 Å². The van der Waals surface area contributed by atoms with Crippen LogP contribution in [-0.4, -0.2) is 28.8 Å². The maximum atomic E-state index is 7.21. The molecule has 4 saturated carbocycles. The Balaban J connectivity index is 1.60. The standard InChI is InChI=1S/C32H62O2Si2/c1-22(2)12-13-23(3)26-14-15-27-30-28(17-19-32(26,27)5)31(4)18-16-25(33-35(6,7)8)20-24(31)21-29(30)34-36(9,10)11/h22-30H,12-21H2,1-11H3/t23?,24-,25+,26?,27?,28?,29?,30?,31?,32?/m0/s1. The summed E-state index contributed by atoms with van der Waals surface area (Å²) in [7, 11) is -3.11. The van der Waals surface area contributed by atoms with Crippen molar-refractivity contribution in [1.29, 1.82) is 0 Å². The van der Waals surface area contributed by atoms with E-state index in [2.05, 4.69) is 73.9 Å². The first-order valence-corrected chi connectivity index (χ1v) is 22.7. The molecule has 4 rings (SSSR count). The lowest BCUT2D eigenvalue weighted by Gasteiger charge is -2.64. The summed E-state index contributed by atoms with van der Waals surface area (Å²) in [4.78, 5) is 0. The average molecular weight is 535 g/mol. The molecule has 210 valence electrons. The molecule has 0 aromatic rings. The average Bonchev–Trinajstić information content (AvgIpc) is 3.08. The van der Waals surface area contributed by atoms with Gasteiger partial charge in [0, 0.05) is 12.2 Å². The van der Waals surface area contributed by atoms with Crippen molar-refractivity contribution < 1.29 is 8.85 Å². The van der Waals surface area contributed by atoms with E-state index in [-0.39, 0.29) is 0 Å². The molecule has 4 aliphatic carbocycles. The Morgan fingerprint density at radius 2 is 1.33 bits per heavy atom. The molecular formula is C32H62O2Si2. The van der Waals surface area contributed by atoms with Crippen molar-refractivity contribution in [3.05, 3.63) is 0 Å². The molecule has 4 heteroatoms. The minimum atomic E-state index is -1.61. The monoisotopic (exact) mass is 534 g/mol. The summed E-state index contributed by atoms with van der Waals surface area (Å²) in [5.41, 5.74) is 1.02. The van der Waals surface area contributed by atoms with Gasteiger partial charge in [-0.05, 0) is 143 Å². The largest absolute Gasteiger partial charge is 0.415 e. The second kappa shape index (κ2) is 10.4. The van der Waals surface area contributed by atoms with Gasteiger partial charge in [0.2, 0.25) is 0 Å². The highest BCUT2D eigenvalue weighted by Gasteiger charge is 2.63. The highest BCUT2D eigenvalue weighted by molar-refractivity contribution is 6.70. The van der Waals surface area contributed by atoms with E-state index in [0.29, 0.717) is 23.0 Å². The van der Waals surface area contributed by atoms with E-state index in [4.69, 9.17) is 8.85 Å². The quantitative estimate of drug-likeness (QED) is 0.288. The van der Waals surface area contributed by atoms with Crippen molar-refractivity contribution >= 4 is 16.6 Å². The normalized spacial score (nSPS) is 44.2. The first-order chi connectivity index (χ1) is 16.5. The van der Waals surface area contributed by atoms with Crippen molar-refractivity contribution in [2.24, 2.45) is 52.3 Å². The number of hydrogen-bond acceptors (Lipinski definition) is 2. The molecule has 0 saturated heterocycles. The molecule has 0 aromatic carbocycles. The lowest BCUT2D eigenvalue weighted by molar-refractivity contribution is -0.168. The van der Waals surface area contributed by atoms with Crippen LogP contribution in [0.15, 0.2) is 0 Å². The van der Waals surface area contributed by atoms with Gasteiger partial charge >= 0.3 is 0 Å². The van der Waals surface area contributed by atoms with Crippen LogP contribution in [0.4, 0.5) is 0 Å². The van der Waals surface area contributed by atoms with Crippen LogP contribution in [0.1, 0.15) is 98.8 Å². The van der Waals surface area contributed by atoms with Gasteiger partial charge in [-0.15, -0.1) is 0 Å². The molecule has 0 aromatic heterocycles. The van der Waals surface area contributed by atoms with E-state index in [1.165, 1.54) is 64.2 Å². The second-order valence-corrected chi connectivity index (χ2v) is 25.7. The highest BCUT2D eigenvalue weighted by atomic mass is 28.4. The number of rotatable bonds is 8. The van der Waals surface area contributed by atoms with Crippen molar-refractivity contribution in [2.45, 2.75) is 150 Å². The molecule has 8 unspecified atom stereocenters. The van der Waals surface area contributed by atoms with Crippen molar-refractivity contribution in [3.8, 4) is 0 Å². The summed E-state index contributed by atoms with van der Waals surface area (Å²) in [5, 5.41) is 0. The Morgan fingerprint density at radius 3 is 1.94 bits per heavy atom. The number of hydrogen-bond donors (Lipinski definition) is 0. The molecule has 10 atom stereocenters. The van der Waals surface area contributed by atoms with Gasteiger partial charge in [0.1, 0.15) is 0 Å². The molecule has 0 amide bonds. The molecule has 0 heterocycles. The lowest BCUT2D eigenvalue weighted by Crippen LogP contribution is -2.60. The van der Waals surface area contributed by atoms with Crippen molar-refractivity contribution in [3.63, 3.8) is 0 Å². The fourth-order valence-electron chi connectivity index (χ4n) is 10.1. The van der Waals surface area contributed by atoms with Crippen LogP contribution in [-0.2, 0) is 8.85 Å². The van der Waals surface area contributed by atoms with Gasteiger partial charge in [0.05, 0.1) is 0 Å². The van der Waals surface area contributed by atoms with E-state index in [9.17, 15) is 0 Å². The SMILES string of the molecule is CC(C)CCC(C)C1CCC2C3C(O[Si](C)(C)C)C[C@@H]4C[C@H](O[Si](C)(C)C)CCC4(C)C3CCC12C. The van der Waals surface area contributed by atoms with Crippen LogP contribution < -0.4 is 0 Å². The Hall–Kier alpha value is 0.354. The second-order valence-electron chi connectivity index (χ2n) is 16.8. The zero-order chi connectivity index (χ0) is 26.7. The highest BCUT2D eigenvalue weighted by Crippen LogP contribution is 2.69. The molecule has 0 aliphatic heterocycles. The third-order valence-corrected chi connectivity index (χ3v) is 13.6. The summed E-state index contributed by atoms with van der Waals surface area (Å²) < 4.78 is 13.9. The predicted molar refractivity (Wildman–Crippen MR) is 160 cm³/mol. The zero-order valence-electron chi connectivity index (χ0n) is 26.1. The molecule has 4 fully saturated rings. The van der Waals surface area contributed by atoms with Crippen molar-refractivity contribution in [1.82, 2.24) is 0 Å². The van der Waals surface area contributed by atoms with Crippen LogP contribution in [0.3, 0.4) is 0 Å². The zero-order valence-corrected chi connectivity index (χ0v) is 28.1. The Bertz CT molecular complexity index is 754. The minimum absolute atomic E-state index is 0.486. The van der Waals surface area contributed by atoms with E-state index >= 15 is 0 Å². The van der Waals surface area contributed by atoms with E-state index < -0.39 is 16.6 Å². The number of fused-ring (bicyclic) bond motifs is 5. The first-order valence-electron chi connectivity index (χ1n) is 15.9. The van der Waals surface area contributed by atoms with Gasteiger partial charge in [-0.25, -0.2) is 0 Å². The third-order valence-electron chi connectivity index (χ3n) is 11.6. The fraction of sp³-hybridized carbons (Fsp3) is 1.00. The van der Waals surface area contributed by atoms with Gasteiger partial charge in [-0.2, -0.15) is 0 Å². The van der Waals surface area contributed by atoms with Gasteiger partial charge < -0.3 is 8.85 Å². The Morgan fingerprint density at radius 1 is 0.722 bits per heavy atom. The van der Waals surface area contributed by atoms with Gasteiger partial charge in [0.25, 0.3) is 0 Å². The van der Waals surface area contributed by atoms with Crippen LogP contribution in [0.5, 0.6) is 0 Å². The molecule has 0 bridgehead atoms. The summed E-state index contributed by atoms with van der Waals surface area (Å²) in [5.74, 6) is 5.91. The maximum absolute atomic E-state index is 7.21. The first kappa shape index (κ1) is 29.3. The van der Waals surface area contributed by atoms with E-state index in [1.807, 2.05) is 0 Å². The molecule has 36 heavy (non-hydrogen) atoms. The fourth-order valence-corrected chi connectivity index (χ4v) is 12.5. The summed E-state index contributed by atoms with van der Waals surface area (Å²) in [6.07, 6.45) is 14.9. The van der Waals surface area contributed by atoms with Gasteiger partial charge in [-0.1, -0.05) is 47.5 Å². The summed E-state index contributed by atoms with van der Waals surface area (Å²) in [6.45, 7) is 27.3. The maximum Gasteiger partial charge on any atom is 0.184 e. The Labute approximate surface area is 227 Å². The summed E-state index contributed by atoms with van der Waals surface area (Å²) >= 11 is 0. The van der Waals surface area contributed by atoms with E-state index in [0.717, 1.165) is 41.4 Å². The van der Waals surface area contributed by atoms with Crippen molar-refractivity contribution in [2.75, 3.05) is 0 Å².